The number of carbonyl (C=O) groups is 1. The molecule has 2 N–H and O–H groups in total. The maximum absolute atomic E-state index is 12.7. The van der Waals surface area contributed by atoms with E-state index in [2.05, 4.69) is 34.0 Å². The van der Waals surface area contributed by atoms with Gasteiger partial charge in [0.2, 0.25) is 5.82 Å². The third-order valence-electron chi connectivity index (χ3n) is 4.66. The van der Waals surface area contributed by atoms with Crippen molar-refractivity contribution in [3.63, 3.8) is 0 Å². The number of likely N-dealkylation sites (tertiary alicyclic amines) is 1. The molecule has 1 aliphatic rings. The first-order chi connectivity index (χ1) is 12.2. The zero-order chi connectivity index (χ0) is 19.1. The summed E-state index contributed by atoms with van der Waals surface area (Å²) in [5.41, 5.74) is 0.603. The van der Waals surface area contributed by atoms with Crippen molar-refractivity contribution in [1.29, 1.82) is 0 Å². The van der Waals surface area contributed by atoms with Crippen molar-refractivity contribution in [3.05, 3.63) is 29.6 Å². The first-order valence-corrected chi connectivity index (χ1v) is 8.33. The normalized spacial score (nSPS) is 21.7. The van der Waals surface area contributed by atoms with E-state index >= 15 is 0 Å². The first kappa shape index (κ1) is 18.7. The fraction of sp³-hybridized carbons (Fsp3) is 0.529. The van der Waals surface area contributed by atoms with Crippen molar-refractivity contribution in [2.45, 2.75) is 38.2 Å². The number of ether oxygens (including phenoxy) is 1. The number of methoxy groups -OCH3 is 1. The van der Waals surface area contributed by atoms with E-state index in [-0.39, 0.29) is 34.6 Å². The highest BCUT2D eigenvalue weighted by atomic mass is 19.4. The minimum absolute atomic E-state index is 0.130. The maximum Gasteiger partial charge on any atom is 0.449 e. The van der Waals surface area contributed by atoms with E-state index in [1.54, 1.807) is 7.11 Å². The lowest BCUT2D eigenvalue weighted by Crippen LogP contribution is -2.43. The van der Waals surface area contributed by atoms with Crippen LogP contribution < -0.4 is 5.32 Å². The second-order valence-electron chi connectivity index (χ2n) is 6.72. The molecule has 9 heteroatoms. The number of nitrogens with zero attached hydrogens (tertiary/aromatic N) is 2. The van der Waals surface area contributed by atoms with Crippen molar-refractivity contribution >= 4 is 16.9 Å². The number of fused-ring (bicyclic) bond motifs is 1. The first-order valence-electron chi connectivity index (χ1n) is 8.33. The van der Waals surface area contributed by atoms with Crippen LogP contribution in [0, 0.1) is 0 Å². The van der Waals surface area contributed by atoms with Gasteiger partial charge >= 0.3 is 6.18 Å². The van der Waals surface area contributed by atoms with Gasteiger partial charge < -0.3 is 15.0 Å². The molecule has 0 unspecified atom stereocenters. The SMILES string of the molecule is CO[C@@H]1CN(C(C)C)C[C@H]1NC(=O)c1ccc2nc(C(F)(F)F)[nH]c2c1. The van der Waals surface area contributed by atoms with Gasteiger partial charge in [-0.2, -0.15) is 13.2 Å². The van der Waals surface area contributed by atoms with Gasteiger partial charge in [0.15, 0.2) is 0 Å². The molecule has 1 saturated heterocycles. The van der Waals surface area contributed by atoms with Crippen LogP contribution in [-0.4, -0.2) is 59.2 Å². The molecule has 1 aromatic heterocycles. The summed E-state index contributed by atoms with van der Waals surface area (Å²) < 4.78 is 43.7. The lowest BCUT2D eigenvalue weighted by atomic mass is 10.1. The number of nitrogens with one attached hydrogen (secondary N) is 2. The van der Waals surface area contributed by atoms with Crippen molar-refractivity contribution in [2.75, 3.05) is 20.2 Å². The van der Waals surface area contributed by atoms with E-state index < -0.39 is 12.0 Å². The fourth-order valence-corrected chi connectivity index (χ4v) is 3.14. The molecule has 2 atom stereocenters. The summed E-state index contributed by atoms with van der Waals surface area (Å²) in [6, 6.07) is 4.40. The second kappa shape index (κ2) is 6.88. The topological polar surface area (TPSA) is 70.2 Å². The quantitative estimate of drug-likeness (QED) is 0.867. The summed E-state index contributed by atoms with van der Waals surface area (Å²) in [6.45, 7) is 5.52. The Morgan fingerprint density at radius 3 is 2.73 bits per heavy atom. The molecule has 0 saturated carbocycles. The Hall–Kier alpha value is -2.13. The third-order valence-corrected chi connectivity index (χ3v) is 4.66. The van der Waals surface area contributed by atoms with Gasteiger partial charge in [-0.1, -0.05) is 0 Å². The number of alkyl halides is 3. The predicted molar refractivity (Wildman–Crippen MR) is 89.9 cm³/mol. The molecule has 2 aromatic rings. The van der Waals surface area contributed by atoms with Gasteiger partial charge in [0.05, 0.1) is 23.2 Å². The number of imidazole rings is 1. The Kier molecular flexibility index (Phi) is 4.94. The van der Waals surface area contributed by atoms with Crippen LogP contribution in [0.4, 0.5) is 13.2 Å². The number of aromatic amines is 1. The van der Waals surface area contributed by atoms with Gasteiger partial charge in [-0.15, -0.1) is 0 Å². The van der Waals surface area contributed by atoms with E-state index in [4.69, 9.17) is 4.74 Å². The van der Waals surface area contributed by atoms with Crippen LogP contribution in [0.15, 0.2) is 18.2 Å². The number of hydrogen-bond acceptors (Lipinski definition) is 4. The number of halogens is 3. The van der Waals surface area contributed by atoms with Crippen molar-refractivity contribution in [1.82, 2.24) is 20.2 Å². The number of amides is 1. The Morgan fingerprint density at radius 2 is 2.12 bits per heavy atom. The summed E-state index contributed by atoms with van der Waals surface area (Å²) in [7, 11) is 1.60. The van der Waals surface area contributed by atoms with Crippen LogP contribution in [0.25, 0.3) is 11.0 Å². The van der Waals surface area contributed by atoms with E-state index in [1.165, 1.54) is 18.2 Å². The average Bonchev–Trinajstić information content (AvgIpc) is 3.17. The Morgan fingerprint density at radius 1 is 1.38 bits per heavy atom. The molecule has 1 amide bonds. The van der Waals surface area contributed by atoms with E-state index in [0.29, 0.717) is 19.1 Å². The van der Waals surface area contributed by atoms with E-state index in [0.717, 1.165) is 0 Å². The van der Waals surface area contributed by atoms with Crippen molar-refractivity contribution in [2.24, 2.45) is 0 Å². The minimum Gasteiger partial charge on any atom is -0.378 e. The van der Waals surface area contributed by atoms with Crippen molar-refractivity contribution in [3.8, 4) is 0 Å². The minimum atomic E-state index is -4.56. The van der Waals surface area contributed by atoms with E-state index in [9.17, 15) is 18.0 Å². The number of carbonyl (C=O) groups excluding carboxylic acids is 1. The summed E-state index contributed by atoms with van der Waals surface area (Å²) >= 11 is 0. The Bertz CT molecular complexity index is 803. The molecule has 0 spiro atoms. The molecular formula is C17H21F3N4O2. The van der Waals surface area contributed by atoms with Crippen LogP contribution in [-0.2, 0) is 10.9 Å². The molecule has 1 aromatic carbocycles. The summed E-state index contributed by atoms with van der Waals surface area (Å²) in [4.78, 5) is 20.5. The Labute approximate surface area is 148 Å². The highest BCUT2D eigenvalue weighted by Gasteiger charge is 2.36. The van der Waals surface area contributed by atoms with Gasteiger partial charge in [0, 0.05) is 31.8 Å². The van der Waals surface area contributed by atoms with Gasteiger partial charge in [-0.05, 0) is 32.0 Å². The second-order valence-corrected chi connectivity index (χ2v) is 6.72. The number of benzene rings is 1. The molecule has 0 bridgehead atoms. The van der Waals surface area contributed by atoms with Gasteiger partial charge in [-0.3, -0.25) is 9.69 Å². The van der Waals surface area contributed by atoms with Crippen LogP contribution >= 0.6 is 0 Å². The zero-order valence-corrected chi connectivity index (χ0v) is 14.7. The maximum atomic E-state index is 12.7. The third kappa shape index (κ3) is 3.68. The molecule has 142 valence electrons. The molecule has 2 heterocycles. The predicted octanol–water partition coefficient (Wildman–Crippen LogP) is 2.42. The average molecular weight is 370 g/mol. The number of aromatic nitrogens is 2. The Balaban J connectivity index is 1.77. The van der Waals surface area contributed by atoms with Crippen molar-refractivity contribution < 1.29 is 22.7 Å². The molecule has 6 nitrogen and oxygen atoms in total. The lowest BCUT2D eigenvalue weighted by Gasteiger charge is -2.20. The molecule has 0 radical (unpaired) electrons. The molecular weight excluding hydrogens is 349 g/mol. The van der Waals surface area contributed by atoms with Crippen LogP contribution in [0.1, 0.15) is 30.0 Å². The van der Waals surface area contributed by atoms with Crippen LogP contribution in [0.3, 0.4) is 0 Å². The van der Waals surface area contributed by atoms with Crippen LogP contribution in [0.2, 0.25) is 0 Å². The lowest BCUT2D eigenvalue weighted by molar-refractivity contribution is -0.144. The van der Waals surface area contributed by atoms with E-state index in [1.807, 2.05) is 0 Å². The summed E-state index contributed by atoms with van der Waals surface area (Å²) in [5.74, 6) is -1.43. The zero-order valence-electron chi connectivity index (χ0n) is 14.7. The molecule has 0 aliphatic carbocycles. The van der Waals surface area contributed by atoms with Crippen LogP contribution in [0.5, 0.6) is 0 Å². The molecule has 3 rings (SSSR count). The standard InChI is InChI=1S/C17H21F3N4O2/c1-9(2)24-7-13(14(8-24)26-3)21-15(25)10-4-5-11-12(6-10)23-16(22-11)17(18,19)20/h4-6,9,13-14H,7-8H2,1-3H3,(H,21,25)(H,22,23)/t13-,14-/m1/s1. The van der Waals surface area contributed by atoms with Gasteiger partial charge in [0.1, 0.15) is 0 Å². The van der Waals surface area contributed by atoms with Gasteiger partial charge in [0.25, 0.3) is 5.91 Å². The molecule has 1 fully saturated rings. The number of H-pyrrole nitrogens is 1. The highest BCUT2D eigenvalue weighted by molar-refractivity contribution is 5.97. The number of hydrogen-bond donors (Lipinski definition) is 2. The fourth-order valence-electron chi connectivity index (χ4n) is 3.14. The largest absolute Gasteiger partial charge is 0.449 e. The molecule has 1 aliphatic heterocycles. The smallest absolute Gasteiger partial charge is 0.378 e. The summed E-state index contributed by atoms with van der Waals surface area (Å²) in [6.07, 6.45) is -4.69. The monoisotopic (exact) mass is 370 g/mol. The summed E-state index contributed by atoms with van der Waals surface area (Å²) in [5, 5.41) is 2.92. The highest BCUT2D eigenvalue weighted by Crippen LogP contribution is 2.28. The number of rotatable bonds is 4. The van der Waals surface area contributed by atoms with Gasteiger partial charge in [-0.25, -0.2) is 4.98 Å². The molecule has 26 heavy (non-hydrogen) atoms.